The average molecular weight is 522 g/mol. The number of hydrogen-bond acceptors (Lipinski definition) is 3. The quantitative estimate of drug-likeness (QED) is 0.284. The second-order valence-electron chi connectivity index (χ2n) is 11.0. The first kappa shape index (κ1) is 30.0. The Hall–Kier alpha value is -3.59. The number of anilines is 1. The number of nitrogens with one attached hydrogen (secondary N) is 2. The van der Waals surface area contributed by atoms with Crippen molar-refractivity contribution in [3.05, 3.63) is 125 Å². The van der Waals surface area contributed by atoms with Gasteiger partial charge in [-0.2, -0.15) is 0 Å². The fourth-order valence-electron chi connectivity index (χ4n) is 4.97. The van der Waals surface area contributed by atoms with Crippen LogP contribution in [0.2, 0.25) is 0 Å². The topological polar surface area (TPSA) is 36.4 Å². The van der Waals surface area contributed by atoms with Gasteiger partial charge in [-0.25, -0.2) is 0 Å². The summed E-state index contributed by atoms with van der Waals surface area (Å²) in [5, 5.41) is 7.06. The molecule has 3 nitrogen and oxygen atoms in total. The van der Waals surface area contributed by atoms with E-state index in [4.69, 9.17) is 4.99 Å². The van der Waals surface area contributed by atoms with Crippen molar-refractivity contribution in [3.8, 4) is 0 Å². The Morgan fingerprint density at radius 3 is 2.33 bits per heavy atom. The van der Waals surface area contributed by atoms with Crippen molar-refractivity contribution in [1.82, 2.24) is 5.32 Å². The van der Waals surface area contributed by atoms with E-state index in [-0.39, 0.29) is 11.5 Å². The van der Waals surface area contributed by atoms with E-state index in [0.717, 1.165) is 54.0 Å². The van der Waals surface area contributed by atoms with Crippen molar-refractivity contribution in [2.45, 2.75) is 73.3 Å². The fraction of sp³-hybridized carbons (Fsp3) is 0.361. The predicted molar refractivity (Wildman–Crippen MR) is 172 cm³/mol. The summed E-state index contributed by atoms with van der Waals surface area (Å²) in [6, 6.07) is 8.58. The molecule has 0 spiro atoms. The third kappa shape index (κ3) is 8.20. The lowest BCUT2D eigenvalue weighted by atomic mass is 9.90. The number of benzene rings is 1. The standard InChI is InChI=1S/C36H47N3/c1-10-32-24-29(7)37-21-18-33(28(6)23-27(32)5)22-26(4)14-15-34(11-2)38-30(8)36(19-20-36)31(9)39-35-16-12-25(3)13-17-35/h11-18,21,23-24,28-29,38-39H,4,8-10,19-20,22H2,1-3,5-7H3/b15-14-,27-23-,32-24-,33-18-,34-11+,37-21?/t28-,29+/m0/s1. The zero-order valence-electron chi connectivity index (χ0n) is 24.9. The molecule has 39 heavy (non-hydrogen) atoms. The Bertz CT molecular complexity index is 1260. The van der Waals surface area contributed by atoms with Gasteiger partial charge in [0.15, 0.2) is 0 Å². The highest BCUT2D eigenvalue weighted by Crippen LogP contribution is 2.55. The normalized spacial score (nSPS) is 25.0. The molecule has 0 aromatic heterocycles. The van der Waals surface area contributed by atoms with Crippen LogP contribution in [0.15, 0.2) is 125 Å². The van der Waals surface area contributed by atoms with Crippen molar-refractivity contribution >= 4 is 11.9 Å². The smallest absolute Gasteiger partial charge is 0.0657 e. The Morgan fingerprint density at radius 2 is 1.72 bits per heavy atom. The molecular weight excluding hydrogens is 474 g/mol. The van der Waals surface area contributed by atoms with Gasteiger partial charge in [0.2, 0.25) is 0 Å². The first-order valence-electron chi connectivity index (χ1n) is 14.2. The van der Waals surface area contributed by atoms with Crippen LogP contribution in [0.4, 0.5) is 5.69 Å². The molecule has 1 fully saturated rings. The Labute approximate surface area is 237 Å². The molecule has 3 rings (SSSR count). The number of rotatable bonds is 11. The lowest BCUT2D eigenvalue weighted by Gasteiger charge is -2.24. The van der Waals surface area contributed by atoms with E-state index in [1.165, 1.54) is 22.3 Å². The van der Waals surface area contributed by atoms with Gasteiger partial charge in [-0.1, -0.05) is 92.3 Å². The van der Waals surface area contributed by atoms with Crippen LogP contribution in [0.5, 0.6) is 0 Å². The van der Waals surface area contributed by atoms with Crippen molar-refractivity contribution < 1.29 is 0 Å². The lowest BCUT2D eigenvalue weighted by molar-refractivity contribution is 0.677. The molecule has 1 aliphatic heterocycles. The zero-order chi connectivity index (χ0) is 28.6. The van der Waals surface area contributed by atoms with Gasteiger partial charge in [0.05, 0.1) is 6.04 Å². The summed E-state index contributed by atoms with van der Waals surface area (Å²) in [4.78, 5) is 4.71. The molecule has 1 heterocycles. The lowest BCUT2D eigenvalue weighted by Crippen LogP contribution is -2.23. The summed E-state index contributed by atoms with van der Waals surface area (Å²) in [5.41, 5.74) is 10.2. The summed E-state index contributed by atoms with van der Waals surface area (Å²) in [5.74, 6) is 0.311. The van der Waals surface area contributed by atoms with Crippen LogP contribution in [0.25, 0.3) is 0 Å². The zero-order valence-corrected chi connectivity index (χ0v) is 24.9. The van der Waals surface area contributed by atoms with Gasteiger partial charge in [-0.05, 0) is 89.2 Å². The van der Waals surface area contributed by atoms with Crippen molar-refractivity contribution in [2.24, 2.45) is 16.3 Å². The van der Waals surface area contributed by atoms with Crippen LogP contribution < -0.4 is 10.6 Å². The SMILES string of the molecule is C=C(/C=C\C(=C/C)NC(=C)C1(C(=C)Nc2ccc(C)cc2)CC1)C/C1=C/C=N[C@H](C)/C=C(CC)\C(C)=C/[C@@H]1C. The molecule has 1 aromatic rings. The first-order valence-corrected chi connectivity index (χ1v) is 14.2. The second-order valence-corrected chi connectivity index (χ2v) is 11.0. The van der Waals surface area contributed by atoms with E-state index in [1.54, 1.807) is 0 Å². The molecule has 206 valence electrons. The van der Waals surface area contributed by atoms with Crippen molar-refractivity contribution in [3.63, 3.8) is 0 Å². The molecule has 2 N–H and O–H groups in total. The van der Waals surface area contributed by atoms with Crippen LogP contribution >= 0.6 is 0 Å². The van der Waals surface area contributed by atoms with Gasteiger partial charge in [0.1, 0.15) is 0 Å². The van der Waals surface area contributed by atoms with E-state index in [2.05, 4.69) is 126 Å². The second kappa shape index (κ2) is 13.5. The maximum absolute atomic E-state index is 4.71. The van der Waals surface area contributed by atoms with Crippen LogP contribution in [0.3, 0.4) is 0 Å². The number of nitrogens with zero attached hydrogens (tertiary/aromatic N) is 1. The third-order valence-electron chi connectivity index (χ3n) is 7.81. The van der Waals surface area contributed by atoms with E-state index < -0.39 is 0 Å². The molecular formula is C36H47N3. The largest absolute Gasteiger partial charge is 0.359 e. The molecule has 1 aliphatic carbocycles. The summed E-state index contributed by atoms with van der Waals surface area (Å²) in [7, 11) is 0. The number of aryl methyl sites for hydroxylation is 1. The number of allylic oxidation sites excluding steroid dienone is 9. The fourth-order valence-corrected chi connectivity index (χ4v) is 4.97. The molecule has 0 bridgehead atoms. The van der Waals surface area contributed by atoms with Gasteiger partial charge >= 0.3 is 0 Å². The molecule has 1 saturated carbocycles. The number of aliphatic imine (C=N–C) groups is 1. The monoisotopic (exact) mass is 521 g/mol. The van der Waals surface area contributed by atoms with Gasteiger partial charge in [-0.3, -0.25) is 4.99 Å². The van der Waals surface area contributed by atoms with E-state index in [1.807, 2.05) is 13.1 Å². The van der Waals surface area contributed by atoms with Crippen LogP contribution in [0.1, 0.15) is 65.9 Å². The highest BCUT2D eigenvalue weighted by atomic mass is 15.0. The Balaban J connectivity index is 1.63. The van der Waals surface area contributed by atoms with Crippen molar-refractivity contribution in [1.29, 1.82) is 0 Å². The van der Waals surface area contributed by atoms with E-state index >= 15 is 0 Å². The third-order valence-corrected chi connectivity index (χ3v) is 7.81. The average Bonchev–Trinajstić information content (AvgIpc) is 3.72. The summed E-state index contributed by atoms with van der Waals surface area (Å²) in [6.45, 7) is 26.1. The van der Waals surface area contributed by atoms with E-state index in [0.29, 0.717) is 5.92 Å². The van der Waals surface area contributed by atoms with Gasteiger partial charge in [-0.15, -0.1) is 0 Å². The van der Waals surface area contributed by atoms with Gasteiger partial charge in [0.25, 0.3) is 0 Å². The van der Waals surface area contributed by atoms with Crippen LogP contribution in [-0.4, -0.2) is 12.3 Å². The highest BCUT2D eigenvalue weighted by Gasteiger charge is 2.48. The Morgan fingerprint density at radius 1 is 1.03 bits per heavy atom. The maximum atomic E-state index is 4.71. The van der Waals surface area contributed by atoms with Crippen LogP contribution in [0, 0.1) is 18.3 Å². The molecule has 0 radical (unpaired) electrons. The molecule has 0 amide bonds. The Kier molecular flexibility index (Phi) is 10.3. The molecule has 2 aliphatic rings. The molecule has 0 saturated heterocycles. The minimum atomic E-state index is -0.132. The molecule has 1 aromatic carbocycles. The highest BCUT2D eigenvalue weighted by molar-refractivity contribution is 5.73. The summed E-state index contributed by atoms with van der Waals surface area (Å²) in [6.07, 6.45) is 18.9. The molecule has 0 unspecified atom stereocenters. The minimum Gasteiger partial charge on any atom is -0.359 e. The maximum Gasteiger partial charge on any atom is 0.0657 e. The number of hydrogen-bond donors (Lipinski definition) is 2. The van der Waals surface area contributed by atoms with Crippen LogP contribution in [-0.2, 0) is 0 Å². The van der Waals surface area contributed by atoms with Crippen molar-refractivity contribution in [2.75, 3.05) is 5.32 Å². The summed E-state index contributed by atoms with van der Waals surface area (Å²) >= 11 is 0. The first-order chi connectivity index (χ1) is 18.6. The van der Waals surface area contributed by atoms with E-state index in [9.17, 15) is 0 Å². The predicted octanol–water partition coefficient (Wildman–Crippen LogP) is 9.53. The van der Waals surface area contributed by atoms with Gasteiger partial charge < -0.3 is 10.6 Å². The molecule has 3 heteroatoms. The molecule has 2 atom stereocenters. The minimum absolute atomic E-state index is 0.132. The van der Waals surface area contributed by atoms with Gasteiger partial charge in [0, 0.05) is 34.4 Å². The summed E-state index contributed by atoms with van der Waals surface area (Å²) < 4.78 is 0.